The van der Waals surface area contributed by atoms with Crippen LogP contribution in [0.5, 0.6) is 0 Å². The minimum absolute atomic E-state index is 0.154. The highest BCUT2D eigenvalue weighted by Gasteiger charge is 2.46. The van der Waals surface area contributed by atoms with E-state index in [0.29, 0.717) is 5.25 Å². The number of carbonyl (C=O) groups is 1. The molecule has 1 rings (SSSR count). The lowest BCUT2D eigenvalue weighted by atomic mass is 9.97. The summed E-state index contributed by atoms with van der Waals surface area (Å²) in [6.45, 7) is 4.28. The molecule has 1 fully saturated rings. The fourth-order valence-corrected chi connectivity index (χ4v) is 3.61. The van der Waals surface area contributed by atoms with Crippen molar-refractivity contribution >= 4 is 17.7 Å². The van der Waals surface area contributed by atoms with E-state index in [-0.39, 0.29) is 18.6 Å². The van der Waals surface area contributed by atoms with Crippen molar-refractivity contribution < 1.29 is 14.6 Å². The van der Waals surface area contributed by atoms with Crippen LogP contribution in [-0.2, 0) is 9.53 Å². The zero-order chi connectivity index (χ0) is 12.9. The van der Waals surface area contributed by atoms with Crippen molar-refractivity contribution in [1.82, 2.24) is 5.32 Å². The van der Waals surface area contributed by atoms with Crippen LogP contribution in [0, 0.1) is 0 Å². The zero-order valence-corrected chi connectivity index (χ0v) is 11.7. The fraction of sp³-hybridized carbons (Fsp3) is 0.917. The van der Waals surface area contributed by atoms with Gasteiger partial charge in [-0.05, 0) is 33.1 Å². The summed E-state index contributed by atoms with van der Waals surface area (Å²) in [7, 11) is 1.44. The minimum atomic E-state index is -0.518. The summed E-state index contributed by atoms with van der Waals surface area (Å²) < 4.78 is 4.93. The molecule has 0 heterocycles. The molecule has 1 aliphatic rings. The predicted molar refractivity (Wildman–Crippen MR) is 70.2 cm³/mol. The molecule has 4 nitrogen and oxygen atoms in total. The van der Waals surface area contributed by atoms with Crippen LogP contribution in [0.4, 0.5) is 0 Å². The van der Waals surface area contributed by atoms with Crippen LogP contribution in [0.15, 0.2) is 0 Å². The quantitative estimate of drug-likeness (QED) is 0.703. The lowest BCUT2D eigenvalue weighted by Gasteiger charge is -2.30. The van der Waals surface area contributed by atoms with Crippen LogP contribution in [0.1, 0.15) is 33.1 Å². The molecule has 17 heavy (non-hydrogen) atoms. The first-order valence-electron chi connectivity index (χ1n) is 6.12. The molecule has 0 aliphatic heterocycles. The number of thioether (sulfide) groups is 1. The third kappa shape index (κ3) is 3.86. The number of esters is 1. The Morgan fingerprint density at radius 2 is 2.35 bits per heavy atom. The van der Waals surface area contributed by atoms with E-state index < -0.39 is 5.54 Å². The SMILES string of the molecule is COC(=O)C1(NC(C)C)CCC(SCCO)C1. The molecule has 1 aliphatic carbocycles. The molecule has 0 bridgehead atoms. The van der Waals surface area contributed by atoms with E-state index in [1.807, 2.05) is 13.8 Å². The minimum Gasteiger partial charge on any atom is -0.468 e. The van der Waals surface area contributed by atoms with Gasteiger partial charge in [0.05, 0.1) is 13.7 Å². The first-order chi connectivity index (χ1) is 8.04. The van der Waals surface area contributed by atoms with Gasteiger partial charge in [-0.15, -0.1) is 0 Å². The second kappa shape index (κ2) is 6.61. The van der Waals surface area contributed by atoms with Crippen LogP contribution in [0.2, 0.25) is 0 Å². The molecule has 0 aromatic heterocycles. The second-order valence-corrected chi connectivity index (χ2v) is 6.24. The molecule has 0 spiro atoms. The van der Waals surface area contributed by atoms with E-state index >= 15 is 0 Å². The van der Waals surface area contributed by atoms with Crippen molar-refractivity contribution in [2.24, 2.45) is 0 Å². The molecule has 2 N–H and O–H groups in total. The van der Waals surface area contributed by atoms with Crippen molar-refractivity contribution in [2.45, 2.75) is 49.9 Å². The average molecular weight is 261 g/mol. The number of aliphatic hydroxyl groups is 1. The Morgan fingerprint density at radius 3 is 2.88 bits per heavy atom. The number of hydrogen-bond donors (Lipinski definition) is 2. The number of hydrogen-bond acceptors (Lipinski definition) is 5. The predicted octanol–water partition coefficient (Wildman–Crippen LogP) is 1.17. The van der Waals surface area contributed by atoms with Crippen molar-refractivity contribution in [3.05, 3.63) is 0 Å². The summed E-state index contributed by atoms with van der Waals surface area (Å²) in [6, 6.07) is 0.260. The zero-order valence-electron chi connectivity index (χ0n) is 10.9. The average Bonchev–Trinajstić information content (AvgIpc) is 2.69. The van der Waals surface area contributed by atoms with E-state index in [1.165, 1.54) is 7.11 Å². The van der Waals surface area contributed by atoms with Crippen LogP contribution >= 0.6 is 11.8 Å². The van der Waals surface area contributed by atoms with Crippen molar-refractivity contribution in [1.29, 1.82) is 0 Å². The van der Waals surface area contributed by atoms with Gasteiger partial charge in [-0.25, -0.2) is 0 Å². The molecule has 0 aromatic carbocycles. The van der Waals surface area contributed by atoms with Crippen molar-refractivity contribution in [3.63, 3.8) is 0 Å². The van der Waals surface area contributed by atoms with E-state index in [2.05, 4.69) is 5.32 Å². The van der Waals surface area contributed by atoms with Crippen LogP contribution in [-0.4, -0.2) is 47.4 Å². The van der Waals surface area contributed by atoms with Crippen LogP contribution < -0.4 is 5.32 Å². The van der Waals surface area contributed by atoms with E-state index in [0.717, 1.165) is 25.0 Å². The molecule has 0 aromatic rings. The summed E-state index contributed by atoms with van der Waals surface area (Å²) in [6.07, 6.45) is 2.61. The third-order valence-electron chi connectivity index (χ3n) is 3.06. The van der Waals surface area contributed by atoms with Gasteiger partial charge in [0.25, 0.3) is 0 Å². The topological polar surface area (TPSA) is 58.6 Å². The Kier molecular flexibility index (Phi) is 5.76. The summed E-state index contributed by atoms with van der Waals surface area (Å²) in [5, 5.41) is 12.6. The molecular formula is C12H23NO3S. The van der Waals surface area contributed by atoms with Crippen molar-refractivity contribution in [2.75, 3.05) is 19.5 Å². The fourth-order valence-electron chi connectivity index (χ4n) is 2.49. The van der Waals surface area contributed by atoms with Gasteiger partial charge in [0.1, 0.15) is 5.54 Å². The normalized spacial score (nSPS) is 28.6. The van der Waals surface area contributed by atoms with E-state index in [9.17, 15) is 4.79 Å². The van der Waals surface area contributed by atoms with Gasteiger partial charge >= 0.3 is 5.97 Å². The second-order valence-electron chi connectivity index (χ2n) is 4.83. The van der Waals surface area contributed by atoms with Gasteiger partial charge in [-0.2, -0.15) is 11.8 Å². The Balaban J connectivity index is 2.64. The van der Waals surface area contributed by atoms with Gasteiger partial charge < -0.3 is 9.84 Å². The summed E-state index contributed by atoms with van der Waals surface area (Å²) in [5.41, 5.74) is -0.518. The third-order valence-corrected chi connectivity index (χ3v) is 4.35. The molecule has 0 saturated heterocycles. The molecular weight excluding hydrogens is 238 g/mol. The maximum absolute atomic E-state index is 11.9. The lowest BCUT2D eigenvalue weighted by molar-refractivity contribution is -0.148. The molecule has 100 valence electrons. The van der Waals surface area contributed by atoms with Gasteiger partial charge in [-0.3, -0.25) is 10.1 Å². The van der Waals surface area contributed by atoms with Crippen LogP contribution in [0.25, 0.3) is 0 Å². The molecule has 0 radical (unpaired) electrons. The first kappa shape index (κ1) is 14.8. The molecule has 1 saturated carbocycles. The monoisotopic (exact) mass is 261 g/mol. The number of carbonyl (C=O) groups excluding carboxylic acids is 1. The summed E-state index contributed by atoms with van der Waals surface area (Å²) in [4.78, 5) is 11.9. The largest absolute Gasteiger partial charge is 0.468 e. The molecule has 2 atom stereocenters. The standard InChI is InChI=1S/C12H23NO3S/c1-9(2)13-12(11(15)16-3)5-4-10(8-12)17-7-6-14/h9-10,13-14H,4-8H2,1-3H3. The number of aliphatic hydroxyl groups excluding tert-OH is 1. The maximum Gasteiger partial charge on any atom is 0.326 e. The van der Waals surface area contributed by atoms with Gasteiger partial charge in [0, 0.05) is 17.0 Å². The lowest BCUT2D eigenvalue weighted by Crippen LogP contribution is -2.53. The Bertz CT molecular complexity index is 260. The maximum atomic E-state index is 11.9. The first-order valence-corrected chi connectivity index (χ1v) is 7.17. The summed E-state index contributed by atoms with van der Waals surface area (Å²) in [5.74, 6) is 0.585. The van der Waals surface area contributed by atoms with Crippen molar-refractivity contribution in [3.8, 4) is 0 Å². The van der Waals surface area contributed by atoms with Gasteiger partial charge in [0.2, 0.25) is 0 Å². The van der Waals surface area contributed by atoms with Gasteiger partial charge in [0.15, 0.2) is 0 Å². The highest BCUT2D eigenvalue weighted by Crippen LogP contribution is 2.38. The number of rotatable bonds is 6. The number of nitrogens with one attached hydrogen (secondary N) is 1. The summed E-state index contributed by atoms with van der Waals surface area (Å²) >= 11 is 1.74. The van der Waals surface area contributed by atoms with Gasteiger partial charge in [-0.1, -0.05) is 0 Å². The Labute approximate surface area is 107 Å². The highest BCUT2D eigenvalue weighted by molar-refractivity contribution is 7.99. The Morgan fingerprint density at radius 1 is 1.65 bits per heavy atom. The molecule has 5 heteroatoms. The van der Waals surface area contributed by atoms with Crippen LogP contribution in [0.3, 0.4) is 0 Å². The Hall–Kier alpha value is -0.260. The number of methoxy groups -OCH3 is 1. The van der Waals surface area contributed by atoms with E-state index in [4.69, 9.17) is 9.84 Å². The van der Waals surface area contributed by atoms with E-state index in [1.54, 1.807) is 11.8 Å². The molecule has 2 unspecified atom stereocenters. The number of ether oxygens (including phenoxy) is 1. The molecule has 0 amide bonds. The smallest absolute Gasteiger partial charge is 0.326 e. The highest BCUT2D eigenvalue weighted by atomic mass is 32.2.